The Balaban J connectivity index is 2.15. The van der Waals surface area contributed by atoms with E-state index in [4.69, 9.17) is 18.9 Å². The predicted octanol–water partition coefficient (Wildman–Crippen LogP) is 5.49. The van der Waals surface area contributed by atoms with Crippen molar-refractivity contribution in [1.29, 1.82) is 0 Å². The molecular formula is C19H14F6N2O4. The summed E-state index contributed by atoms with van der Waals surface area (Å²) in [6.45, 7) is 0. The Bertz CT molecular complexity index is 1090. The Kier molecular flexibility index (Phi) is 5.74. The van der Waals surface area contributed by atoms with Gasteiger partial charge in [0.15, 0.2) is 11.5 Å². The van der Waals surface area contributed by atoms with E-state index in [0.29, 0.717) is 12.1 Å². The molecule has 12 heteroatoms. The number of ether oxygens (including phenoxy) is 4. The maximum absolute atomic E-state index is 13.5. The Morgan fingerprint density at radius 1 is 0.710 bits per heavy atom. The summed E-state index contributed by atoms with van der Waals surface area (Å²) in [5.41, 5.74) is -3.54. The number of alkyl halides is 6. The highest BCUT2D eigenvalue weighted by Gasteiger charge is 2.39. The van der Waals surface area contributed by atoms with Crippen LogP contribution in [0.2, 0.25) is 0 Å². The standard InChI is InChI=1S/C19H14F6N2O4/c1-28-13-7-10(8-14(29-2)15(13)30-3)31-17-16(19(23,24)25)26-12-6-9(18(20,21)22)4-5-11(12)27-17/h4-8H,1-3H3. The maximum atomic E-state index is 13.5. The average Bonchev–Trinajstić information content (AvgIpc) is 2.70. The largest absolute Gasteiger partial charge is 0.493 e. The molecule has 0 saturated heterocycles. The molecule has 3 aromatic rings. The first-order valence-corrected chi connectivity index (χ1v) is 8.42. The first-order chi connectivity index (χ1) is 14.5. The highest BCUT2D eigenvalue weighted by molar-refractivity contribution is 5.76. The second-order valence-corrected chi connectivity index (χ2v) is 6.04. The van der Waals surface area contributed by atoms with Gasteiger partial charge in [-0.05, 0) is 18.2 Å². The zero-order chi connectivity index (χ0) is 23.0. The van der Waals surface area contributed by atoms with E-state index in [0.717, 1.165) is 6.07 Å². The third-order valence-corrected chi connectivity index (χ3v) is 4.08. The quantitative estimate of drug-likeness (QED) is 0.482. The SMILES string of the molecule is COc1cc(Oc2nc3ccc(C(F)(F)F)cc3nc2C(F)(F)F)cc(OC)c1OC. The topological polar surface area (TPSA) is 62.7 Å². The number of methoxy groups -OCH3 is 3. The summed E-state index contributed by atoms with van der Waals surface area (Å²) in [7, 11) is 3.94. The summed E-state index contributed by atoms with van der Waals surface area (Å²) in [5.74, 6) is -0.713. The molecule has 3 rings (SSSR count). The van der Waals surface area contributed by atoms with Gasteiger partial charge in [0.1, 0.15) is 5.75 Å². The summed E-state index contributed by atoms with van der Waals surface area (Å²) in [4.78, 5) is 7.06. The monoisotopic (exact) mass is 448 g/mol. The van der Waals surface area contributed by atoms with Crippen molar-refractivity contribution in [3.63, 3.8) is 0 Å². The van der Waals surface area contributed by atoms with Gasteiger partial charge in [0.05, 0.1) is 37.9 Å². The van der Waals surface area contributed by atoms with Crippen molar-refractivity contribution in [2.75, 3.05) is 21.3 Å². The van der Waals surface area contributed by atoms with Crippen LogP contribution in [0.3, 0.4) is 0 Å². The van der Waals surface area contributed by atoms with Gasteiger partial charge < -0.3 is 18.9 Å². The van der Waals surface area contributed by atoms with Gasteiger partial charge in [-0.2, -0.15) is 26.3 Å². The molecule has 0 N–H and O–H groups in total. The molecule has 1 heterocycles. The fraction of sp³-hybridized carbons (Fsp3) is 0.263. The molecule has 0 aliphatic rings. The first kappa shape index (κ1) is 22.2. The van der Waals surface area contributed by atoms with Crippen LogP contribution in [-0.2, 0) is 12.4 Å². The van der Waals surface area contributed by atoms with E-state index in [1.54, 1.807) is 0 Å². The van der Waals surface area contributed by atoms with Crippen LogP contribution in [0.4, 0.5) is 26.3 Å². The molecule has 1 aromatic heterocycles. The molecule has 0 aliphatic heterocycles. The Morgan fingerprint density at radius 3 is 1.81 bits per heavy atom. The van der Waals surface area contributed by atoms with Crippen LogP contribution in [0, 0.1) is 0 Å². The van der Waals surface area contributed by atoms with Crippen molar-refractivity contribution in [1.82, 2.24) is 9.97 Å². The number of rotatable bonds is 5. The normalized spacial score (nSPS) is 12.0. The van der Waals surface area contributed by atoms with Gasteiger partial charge in [-0.3, -0.25) is 0 Å². The van der Waals surface area contributed by atoms with E-state index in [1.165, 1.54) is 33.5 Å². The molecule has 0 fully saturated rings. The predicted molar refractivity (Wildman–Crippen MR) is 95.7 cm³/mol. The number of aromatic nitrogens is 2. The molecule has 0 bridgehead atoms. The number of hydrogen-bond acceptors (Lipinski definition) is 6. The van der Waals surface area contributed by atoms with Gasteiger partial charge in [-0.1, -0.05) is 0 Å². The molecule has 166 valence electrons. The molecule has 0 unspecified atom stereocenters. The van der Waals surface area contributed by atoms with Crippen LogP contribution < -0.4 is 18.9 Å². The van der Waals surface area contributed by atoms with Crippen molar-refractivity contribution in [2.45, 2.75) is 12.4 Å². The van der Waals surface area contributed by atoms with Crippen LogP contribution in [0.15, 0.2) is 30.3 Å². The van der Waals surface area contributed by atoms with Crippen LogP contribution >= 0.6 is 0 Å². The van der Waals surface area contributed by atoms with E-state index < -0.39 is 35.0 Å². The molecule has 0 spiro atoms. The molecule has 31 heavy (non-hydrogen) atoms. The highest BCUT2D eigenvalue weighted by atomic mass is 19.4. The maximum Gasteiger partial charge on any atom is 0.438 e. The van der Waals surface area contributed by atoms with Gasteiger partial charge in [-0.25, -0.2) is 9.97 Å². The fourth-order valence-corrected chi connectivity index (χ4v) is 2.70. The van der Waals surface area contributed by atoms with Crippen molar-refractivity contribution in [3.8, 4) is 28.9 Å². The van der Waals surface area contributed by atoms with Gasteiger partial charge in [0, 0.05) is 12.1 Å². The lowest BCUT2D eigenvalue weighted by Gasteiger charge is -2.16. The first-order valence-electron chi connectivity index (χ1n) is 8.42. The Morgan fingerprint density at radius 2 is 1.32 bits per heavy atom. The van der Waals surface area contributed by atoms with Crippen molar-refractivity contribution in [2.24, 2.45) is 0 Å². The summed E-state index contributed by atoms with van der Waals surface area (Å²) >= 11 is 0. The summed E-state index contributed by atoms with van der Waals surface area (Å²) in [6, 6.07) is 4.56. The van der Waals surface area contributed by atoms with Gasteiger partial charge in [0.25, 0.3) is 5.88 Å². The molecule has 2 aromatic carbocycles. The number of hydrogen-bond donors (Lipinski definition) is 0. The third kappa shape index (κ3) is 4.52. The van der Waals surface area contributed by atoms with Crippen molar-refractivity contribution >= 4 is 11.0 Å². The molecular weight excluding hydrogens is 434 g/mol. The van der Waals surface area contributed by atoms with E-state index in [2.05, 4.69) is 9.97 Å². The van der Waals surface area contributed by atoms with Crippen LogP contribution in [0.1, 0.15) is 11.3 Å². The molecule has 6 nitrogen and oxygen atoms in total. The zero-order valence-corrected chi connectivity index (χ0v) is 16.2. The zero-order valence-electron chi connectivity index (χ0n) is 16.2. The van der Waals surface area contributed by atoms with Crippen molar-refractivity contribution in [3.05, 3.63) is 41.6 Å². The Labute approximate surface area is 171 Å². The molecule has 0 saturated carbocycles. The van der Waals surface area contributed by atoms with Crippen LogP contribution in [0.25, 0.3) is 11.0 Å². The lowest BCUT2D eigenvalue weighted by molar-refractivity contribution is -0.142. The molecule has 0 aliphatic carbocycles. The molecule has 0 radical (unpaired) electrons. The van der Waals surface area contributed by atoms with Crippen molar-refractivity contribution < 1.29 is 45.3 Å². The summed E-state index contributed by atoms with van der Waals surface area (Å²) in [5, 5.41) is 0. The minimum Gasteiger partial charge on any atom is -0.493 e. The fourth-order valence-electron chi connectivity index (χ4n) is 2.70. The highest BCUT2D eigenvalue weighted by Crippen LogP contribution is 2.43. The van der Waals surface area contributed by atoms with Crippen LogP contribution in [-0.4, -0.2) is 31.3 Å². The number of nitrogens with zero attached hydrogens (tertiary/aromatic N) is 2. The van der Waals surface area contributed by atoms with E-state index in [-0.39, 0.29) is 28.5 Å². The summed E-state index contributed by atoms with van der Waals surface area (Å²) in [6.07, 6.45) is -9.80. The van der Waals surface area contributed by atoms with Gasteiger partial charge in [0.2, 0.25) is 11.4 Å². The Hall–Kier alpha value is -3.44. The van der Waals surface area contributed by atoms with Crippen LogP contribution in [0.5, 0.6) is 28.9 Å². The lowest BCUT2D eigenvalue weighted by atomic mass is 10.2. The summed E-state index contributed by atoms with van der Waals surface area (Å²) < 4.78 is 100.0. The lowest BCUT2D eigenvalue weighted by Crippen LogP contribution is -2.12. The molecule has 0 atom stereocenters. The average molecular weight is 448 g/mol. The number of fused-ring (bicyclic) bond motifs is 1. The van der Waals surface area contributed by atoms with Gasteiger partial charge >= 0.3 is 12.4 Å². The minimum absolute atomic E-state index is 0.106. The smallest absolute Gasteiger partial charge is 0.438 e. The van der Waals surface area contributed by atoms with E-state index in [9.17, 15) is 26.3 Å². The van der Waals surface area contributed by atoms with E-state index in [1.807, 2.05) is 0 Å². The number of benzene rings is 2. The van der Waals surface area contributed by atoms with Gasteiger partial charge in [-0.15, -0.1) is 0 Å². The second-order valence-electron chi connectivity index (χ2n) is 6.04. The minimum atomic E-state index is -5.05. The third-order valence-electron chi connectivity index (χ3n) is 4.08. The molecule has 0 amide bonds. The number of halogens is 6. The second kappa shape index (κ2) is 8.00. The van der Waals surface area contributed by atoms with E-state index >= 15 is 0 Å².